The van der Waals surface area contributed by atoms with Gasteiger partial charge >= 0.3 is 0 Å². The van der Waals surface area contributed by atoms with Crippen molar-refractivity contribution < 1.29 is 4.39 Å². The molecule has 0 rings (SSSR count). The summed E-state index contributed by atoms with van der Waals surface area (Å²) in [5, 5.41) is 0. The first-order valence-electron chi connectivity index (χ1n) is 3.57. The van der Waals surface area contributed by atoms with Gasteiger partial charge in [-0.1, -0.05) is 13.8 Å². The fourth-order valence-corrected chi connectivity index (χ4v) is 0.688. The Morgan fingerprint density at radius 3 is 2.36 bits per heavy atom. The predicted octanol–water partition coefficient (Wildman–Crippen LogP) is 3.10. The smallest absolute Gasteiger partial charge is 0.0972 e. The van der Waals surface area contributed by atoms with Crippen LogP contribution in [-0.2, 0) is 0 Å². The van der Waals surface area contributed by atoms with Gasteiger partial charge in [-0.15, -0.1) is 0 Å². The molecule has 0 aliphatic heterocycles. The van der Waals surface area contributed by atoms with Crippen LogP contribution < -0.4 is 0 Å². The topological polar surface area (TPSA) is 12.4 Å². The van der Waals surface area contributed by atoms with Gasteiger partial charge in [0.05, 0.1) is 5.83 Å². The molecular weight excluding hydrogens is 141 g/mol. The molecule has 0 aliphatic rings. The summed E-state index contributed by atoms with van der Waals surface area (Å²) in [7, 11) is 0. The zero-order chi connectivity index (χ0) is 8.85. The summed E-state index contributed by atoms with van der Waals surface area (Å²) in [6, 6.07) is 0. The van der Waals surface area contributed by atoms with Crippen LogP contribution in [0.4, 0.5) is 4.39 Å². The van der Waals surface area contributed by atoms with Crippen LogP contribution in [0, 0.1) is 5.92 Å². The molecule has 0 aromatic carbocycles. The van der Waals surface area contributed by atoms with Crippen molar-refractivity contribution in [3.05, 3.63) is 23.7 Å². The number of hydrogen-bond acceptors (Lipinski definition) is 1. The summed E-state index contributed by atoms with van der Waals surface area (Å²) in [6.07, 6.45) is 3.05. The van der Waals surface area contributed by atoms with E-state index < -0.39 is 0 Å². The summed E-state index contributed by atoms with van der Waals surface area (Å²) in [5.41, 5.74) is 0.861. The summed E-state index contributed by atoms with van der Waals surface area (Å²) >= 11 is 0. The minimum atomic E-state index is -0.200. The maximum Gasteiger partial charge on any atom is 0.0972 e. The van der Waals surface area contributed by atoms with Gasteiger partial charge in [-0.25, -0.2) is 4.39 Å². The number of nitrogens with zero attached hydrogens (tertiary/aromatic N) is 1. The lowest BCUT2D eigenvalue weighted by atomic mass is 10.0. The molecule has 0 aliphatic carbocycles. The average molecular weight is 155 g/mol. The van der Waals surface area contributed by atoms with Crippen LogP contribution in [0.25, 0.3) is 0 Å². The molecule has 0 atom stereocenters. The molecule has 0 N–H and O–H groups in total. The molecular formula is C9H14FN. The molecule has 0 bridgehead atoms. The van der Waals surface area contributed by atoms with Gasteiger partial charge in [-0.05, 0) is 31.2 Å². The van der Waals surface area contributed by atoms with Crippen LogP contribution in [0.5, 0.6) is 0 Å². The minimum Gasteiger partial charge on any atom is -0.272 e. The summed E-state index contributed by atoms with van der Waals surface area (Å²) in [6.45, 7) is 8.69. The van der Waals surface area contributed by atoms with Crippen molar-refractivity contribution in [2.45, 2.75) is 20.8 Å². The molecule has 0 spiro atoms. The van der Waals surface area contributed by atoms with Crippen molar-refractivity contribution >= 4 is 6.72 Å². The highest BCUT2D eigenvalue weighted by Gasteiger charge is 1.99. The van der Waals surface area contributed by atoms with Crippen molar-refractivity contribution in [1.82, 2.24) is 0 Å². The molecule has 62 valence electrons. The molecule has 0 fully saturated rings. The molecule has 11 heavy (non-hydrogen) atoms. The van der Waals surface area contributed by atoms with Crippen LogP contribution in [0.3, 0.4) is 0 Å². The van der Waals surface area contributed by atoms with Crippen LogP contribution >= 0.6 is 0 Å². The molecule has 0 aromatic rings. The predicted molar refractivity (Wildman–Crippen MR) is 47.3 cm³/mol. The molecule has 0 saturated carbocycles. The van der Waals surface area contributed by atoms with Gasteiger partial charge in [0.2, 0.25) is 0 Å². The second kappa shape index (κ2) is 4.83. The number of hydrogen-bond donors (Lipinski definition) is 0. The second-order valence-electron chi connectivity index (χ2n) is 2.70. The van der Waals surface area contributed by atoms with Gasteiger partial charge in [0, 0.05) is 6.20 Å². The fourth-order valence-electron chi connectivity index (χ4n) is 0.688. The number of rotatable bonds is 3. The van der Waals surface area contributed by atoms with Gasteiger partial charge in [0.1, 0.15) is 0 Å². The Bertz CT molecular complexity index is 186. The lowest BCUT2D eigenvalue weighted by Gasteiger charge is -2.03. The number of halogens is 1. The van der Waals surface area contributed by atoms with E-state index in [-0.39, 0.29) is 11.7 Å². The Morgan fingerprint density at radius 1 is 1.55 bits per heavy atom. The molecule has 0 saturated heterocycles. The van der Waals surface area contributed by atoms with E-state index in [1.165, 1.54) is 13.0 Å². The Balaban J connectivity index is 4.49. The maximum absolute atomic E-state index is 12.4. The third-order valence-corrected chi connectivity index (χ3v) is 1.27. The first kappa shape index (κ1) is 10.1. The molecule has 0 radical (unpaired) electrons. The monoisotopic (exact) mass is 155 g/mol. The standard InChI is InChI=1S/C9H14FN/c1-7(2)9(6-11-4)5-8(3)10/h5-7H,4H2,1-3H3/b8-5+,9-6+. The van der Waals surface area contributed by atoms with Gasteiger partial charge in [0.15, 0.2) is 0 Å². The largest absolute Gasteiger partial charge is 0.272 e. The van der Waals surface area contributed by atoms with Gasteiger partial charge in [-0.3, -0.25) is 4.99 Å². The highest BCUT2D eigenvalue weighted by molar-refractivity contribution is 5.30. The Hall–Kier alpha value is -0.920. The van der Waals surface area contributed by atoms with Crippen molar-refractivity contribution in [2.75, 3.05) is 0 Å². The maximum atomic E-state index is 12.4. The summed E-state index contributed by atoms with van der Waals surface area (Å²) in [5.74, 6) is 0.0831. The van der Waals surface area contributed by atoms with Crippen LogP contribution in [0.15, 0.2) is 28.7 Å². The molecule has 0 aromatic heterocycles. The molecule has 0 unspecified atom stereocenters. The third kappa shape index (κ3) is 4.48. The Kier molecular flexibility index (Phi) is 4.42. The van der Waals surface area contributed by atoms with Gasteiger partial charge < -0.3 is 0 Å². The van der Waals surface area contributed by atoms with E-state index in [1.54, 1.807) is 6.20 Å². The van der Waals surface area contributed by atoms with Gasteiger partial charge in [0.25, 0.3) is 0 Å². The highest BCUT2D eigenvalue weighted by atomic mass is 19.1. The van der Waals surface area contributed by atoms with Gasteiger partial charge in [-0.2, -0.15) is 0 Å². The molecule has 2 heteroatoms. The molecule has 0 amide bonds. The first-order chi connectivity index (χ1) is 5.07. The van der Waals surface area contributed by atoms with E-state index in [9.17, 15) is 4.39 Å². The first-order valence-corrected chi connectivity index (χ1v) is 3.57. The van der Waals surface area contributed by atoms with Crippen LogP contribution in [0.2, 0.25) is 0 Å². The van der Waals surface area contributed by atoms with E-state index in [1.807, 2.05) is 13.8 Å². The average Bonchev–Trinajstić information content (AvgIpc) is 1.86. The zero-order valence-electron chi connectivity index (χ0n) is 7.26. The summed E-state index contributed by atoms with van der Waals surface area (Å²) in [4.78, 5) is 3.59. The third-order valence-electron chi connectivity index (χ3n) is 1.27. The number of aliphatic imine (C=N–C) groups is 1. The highest BCUT2D eigenvalue weighted by Crippen LogP contribution is 2.13. The van der Waals surface area contributed by atoms with E-state index in [4.69, 9.17) is 0 Å². The van der Waals surface area contributed by atoms with Crippen molar-refractivity contribution in [3.8, 4) is 0 Å². The zero-order valence-corrected chi connectivity index (χ0v) is 7.26. The van der Waals surface area contributed by atoms with Crippen LogP contribution in [-0.4, -0.2) is 6.72 Å². The van der Waals surface area contributed by atoms with E-state index in [0.29, 0.717) is 0 Å². The van der Waals surface area contributed by atoms with E-state index >= 15 is 0 Å². The van der Waals surface area contributed by atoms with Crippen LogP contribution in [0.1, 0.15) is 20.8 Å². The Labute approximate surface area is 67.3 Å². The SMILES string of the molecule is C=N/C=C(\C=C(/C)F)C(C)C. The van der Waals surface area contributed by atoms with Crippen molar-refractivity contribution in [1.29, 1.82) is 0 Å². The number of allylic oxidation sites excluding steroid dienone is 3. The fraction of sp³-hybridized carbons (Fsp3) is 0.444. The quantitative estimate of drug-likeness (QED) is 0.438. The molecule has 1 nitrogen and oxygen atoms in total. The normalized spacial score (nSPS) is 13.9. The summed E-state index contributed by atoms with van der Waals surface area (Å²) < 4.78 is 12.4. The van der Waals surface area contributed by atoms with E-state index in [2.05, 4.69) is 11.7 Å². The van der Waals surface area contributed by atoms with Crippen molar-refractivity contribution in [2.24, 2.45) is 10.9 Å². The lowest BCUT2D eigenvalue weighted by Crippen LogP contribution is -1.89. The Morgan fingerprint density at radius 2 is 2.09 bits per heavy atom. The lowest BCUT2D eigenvalue weighted by molar-refractivity contribution is 0.634. The molecule has 0 heterocycles. The second-order valence-corrected chi connectivity index (χ2v) is 2.70. The van der Waals surface area contributed by atoms with Crippen molar-refractivity contribution in [3.63, 3.8) is 0 Å². The van der Waals surface area contributed by atoms with E-state index in [0.717, 1.165) is 5.57 Å². The minimum absolute atomic E-state index is 0.200.